The molecule has 4 nitrogen and oxygen atoms in total. The molecule has 2 N–H and O–H groups in total. The van der Waals surface area contributed by atoms with Crippen LogP contribution in [0.1, 0.15) is 32.7 Å². The molecule has 0 saturated heterocycles. The van der Waals surface area contributed by atoms with Crippen LogP contribution in [0.25, 0.3) is 11.4 Å². The molecule has 6 heteroatoms. The number of hydrogen-bond acceptors (Lipinski definition) is 4. The number of benzene rings is 1. The van der Waals surface area contributed by atoms with Crippen molar-refractivity contribution in [2.24, 2.45) is 11.1 Å². The second kappa shape index (κ2) is 4.90. The van der Waals surface area contributed by atoms with Gasteiger partial charge in [0.05, 0.1) is 11.1 Å². The third-order valence-corrected chi connectivity index (χ3v) is 3.13. The molecule has 1 atom stereocenters. The lowest BCUT2D eigenvalue weighted by molar-refractivity contribution is 0.253. The Balaban J connectivity index is 2.36. The van der Waals surface area contributed by atoms with Crippen LogP contribution in [0, 0.1) is 11.2 Å². The van der Waals surface area contributed by atoms with Gasteiger partial charge in [0.15, 0.2) is 0 Å². The van der Waals surface area contributed by atoms with E-state index in [0.717, 1.165) is 0 Å². The Bertz CT molecular complexity index is 592. The molecule has 0 fully saturated rings. The zero-order valence-corrected chi connectivity index (χ0v) is 11.7. The SMILES string of the molecule is CC(C)(C)C(N)c1nc(-c2ccc(F)cc2Cl)no1. The zero-order valence-electron chi connectivity index (χ0n) is 10.9. The molecular formula is C13H15ClFN3O. The Labute approximate surface area is 115 Å². The van der Waals surface area contributed by atoms with E-state index in [0.29, 0.717) is 17.3 Å². The Morgan fingerprint density at radius 3 is 2.63 bits per heavy atom. The highest BCUT2D eigenvalue weighted by atomic mass is 35.5. The van der Waals surface area contributed by atoms with Crippen LogP contribution >= 0.6 is 11.6 Å². The Kier molecular flexibility index (Phi) is 3.60. The van der Waals surface area contributed by atoms with Gasteiger partial charge in [-0.25, -0.2) is 4.39 Å². The van der Waals surface area contributed by atoms with Gasteiger partial charge < -0.3 is 10.3 Å². The second-order valence-electron chi connectivity index (χ2n) is 5.42. The fraction of sp³-hybridized carbons (Fsp3) is 0.385. The second-order valence-corrected chi connectivity index (χ2v) is 5.83. The molecule has 0 radical (unpaired) electrons. The van der Waals surface area contributed by atoms with Crippen LogP contribution in [0.5, 0.6) is 0 Å². The first-order valence-corrected chi connectivity index (χ1v) is 6.21. The molecule has 0 saturated carbocycles. The summed E-state index contributed by atoms with van der Waals surface area (Å²) in [5.74, 6) is 0.228. The van der Waals surface area contributed by atoms with Crippen LogP contribution in [0.3, 0.4) is 0 Å². The average molecular weight is 284 g/mol. The number of aromatic nitrogens is 2. The minimum atomic E-state index is -0.413. The third-order valence-electron chi connectivity index (χ3n) is 2.81. The van der Waals surface area contributed by atoms with Crippen molar-refractivity contribution in [3.8, 4) is 11.4 Å². The number of nitrogens with zero attached hydrogens (tertiary/aromatic N) is 2. The lowest BCUT2D eigenvalue weighted by Gasteiger charge is -2.23. The fourth-order valence-electron chi connectivity index (χ4n) is 1.51. The van der Waals surface area contributed by atoms with E-state index in [1.807, 2.05) is 20.8 Å². The minimum Gasteiger partial charge on any atom is -0.337 e. The van der Waals surface area contributed by atoms with Gasteiger partial charge in [0.1, 0.15) is 5.82 Å². The Morgan fingerprint density at radius 1 is 1.37 bits per heavy atom. The Morgan fingerprint density at radius 2 is 2.05 bits per heavy atom. The molecule has 19 heavy (non-hydrogen) atoms. The van der Waals surface area contributed by atoms with E-state index < -0.39 is 5.82 Å². The monoisotopic (exact) mass is 283 g/mol. The molecule has 1 aromatic heterocycles. The number of halogens is 2. The van der Waals surface area contributed by atoms with Gasteiger partial charge in [0, 0.05) is 5.56 Å². The minimum absolute atomic E-state index is 0.198. The fourth-order valence-corrected chi connectivity index (χ4v) is 1.76. The van der Waals surface area contributed by atoms with E-state index in [-0.39, 0.29) is 16.5 Å². The predicted octanol–water partition coefficient (Wildman–Crippen LogP) is 3.58. The van der Waals surface area contributed by atoms with Crippen LogP contribution in [0.15, 0.2) is 22.7 Å². The number of nitrogens with two attached hydrogens (primary N) is 1. The van der Waals surface area contributed by atoms with Crippen molar-refractivity contribution in [1.29, 1.82) is 0 Å². The highest BCUT2D eigenvalue weighted by Gasteiger charge is 2.28. The van der Waals surface area contributed by atoms with Crippen molar-refractivity contribution in [3.63, 3.8) is 0 Å². The summed E-state index contributed by atoms with van der Waals surface area (Å²) in [6.45, 7) is 5.94. The maximum absolute atomic E-state index is 13.0. The van der Waals surface area contributed by atoms with Gasteiger partial charge >= 0.3 is 0 Å². The van der Waals surface area contributed by atoms with Crippen molar-refractivity contribution in [1.82, 2.24) is 10.1 Å². The molecule has 2 aromatic rings. The van der Waals surface area contributed by atoms with E-state index in [1.165, 1.54) is 18.2 Å². The van der Waals surface area contributed by atoms with Crippen LogP contribution in [0.4, 0.5) is 4.39 Å². The quantitative estimate of drug-likeness (QED) is 0.915. The topological polar surface area (TPSA) is 64.9 Å². The van der Waals surface area contributed by atoms with Gasteiger partial charge in [0.2, 0.25) is 11.7 Å². The van der Waals surface area contributed by atoms with Gasteiger partial charge in [-0.15, -0.1) is 0 Å². The predicted molar refractivity (Wildman–Crippen MR) is 71.1 cm³/mol. The summed E-state index contributed by atoms with van der Waals surface area (Å²) in [5, 5.41) is 4.07. The van der Waals surface area contributed by atoms with Crippen molar-refractivity contribution >= 4 is 11.6 Å². The normalized spacial score (nSPS) is 13.6. The van der Waals surface area contributed by atoms with Gasteiger partial charge in [0.25, 0.3) is 0 Å². The number of rotatable bonds is 2. The van der Waals surface area contributed by atoms with Gasteiger partial charge in [-0.2, -0.15) is 4.98 Å². The number of hydrogen-bond donors (Lipinski definition) is 1. The third kappa shape index (κ3) is 2.93. The van der Waals surface area contributed by atoms with Crippen molar-refractivity contribution < 1.29 is 8.91 Å². The molecule has 1 unspecified atom stereocenters. The van der Waals surface area contributed by atoms with Crippen molar-refractivity contribution in [2.45, 2.75) is 26.8 Å². The van der Waals surface area contributed by atoms with Crippen LogP contribution < -0.4 is 5.73 Å². The lowest BCUT2D eigenvalue weighted by atomic mass is 9.87. The first-order valence-electron chi connectivity index (χ1n) is 5.83. The van der Waals surface area contributed by atoms with Crippen LogP contribution in [-0.2, 0) is 0 Å². The van der Waals surface area contributed by atoms with E-state index >= 15 is 0 Å². The molecule has 0 aliphatic heterocycles. The summed E-state index contributed by atoms with van der Waals surface area (Å²) in [5.41, 5.74) is 6.35. The van der Waals surface area contributed by atoms with Crippen molar-refractivity contribution in [2.75, 3.05) is 0 Å². The molecule has 1 heterocycles. The maximum Gasteiger partial charge on any atom is 0.244 e. The van der Waals surface area contributed by atoms with E-state index in [2.05, 4.69) is 10.1 Å². The molecule has 102 valence electrons. The summed E-state index contributed by atoms with van der Waals surface area (Å²) in [6, 6.07) is 3.62. The zero-order chi connectivity index (χ0) is 14.2. The highest BCUT2D eigenvalue weighted by molar-refractivity contribution is 6.33. The van der Waals surface area contributed by atoms with Crippen LogP contribution in [0.2, 0.25) is 5.02 Å². The maximum atomic E-state index is 13.0. The first-order chi connectivity index (χ1) is 8.79. The molecule has 2 rings (SSSR count). The molecule has 0 amide bonds. The lowest BCUT2D eigenvalue weighted by Crippen LogP contribution is -2.26. The average Bonchev–Trinajstić information content (AvgIpc) is 2.75. The summed E-state index contributed by atoms with van der Waals surface area (Å²) in [4.78, 5) is 4.23. The smallest absolute Gasteiger partial charge is 0.244 e. The largest absolute Gasteiger partial charge is 0.337 e. The van der Waals surface area contributed by atoms with Crippen molar-refractivity contribution in [3.05, 3.63) is 34.9 Å². The molecule has 0 aliphatic rings. The first kappa shape index (κ1) is 14.0. The highest BCUT2D eigenvalue weighted by Crippen LogP contribution is 2.32. The Hall–Kier alpha value is -1.46. The standard InChI is InChI=1S/C13H15ClFN3O/c1-13(2,3)10(16)12-17-11(18-19-12)8-5-4-7(15)6-9(8)14/h4-6,10H,16H2,1-3H3. The van der Waals surface area contributed by atoms with E-state index in [1.54, 1.807) is 0 Å². The summed E-state index contributed by atoms with van der Waals surface area (Å²) in [7, 11) is 0. The molecular weight excluding hydrogens is 269 g/mol. The summed E-state index contributed by atoms with van der Waals surface area (Å²) in [6.07, 6.45) is 0. The molecule has 0 bridgehead atoms. The van der Waals surface area contributed by atoms with Gasteiger partial charge in [-0.1, -0.05) is 37.5 Å². The van der Waals surface area contributed by atoms with E-state index in [4.69, 9.17) is 21.9 Å². The van der Waals surface area contributed by atoms with Crippen LogP contribution in [-0.4, -0.2) is 10.1 Å². The summed E-state index contributed by atoms with van der Waals surface area (Å²) < 4.78 is 18.1. The van der Waals surface area contributed by atoms with E-state index in [9.17, 15) is 4.39 Å². The van der Waals surface area contributed by atoms with Gasteiger partial charge in [-0.3, -0.25) is 0 Å². The molecule has 0 spiro atoms. The molecule has 0 aliphatic carbocycles. The summed E-state index contributed by atoms with van der Waals surface area (Å²) >= 11 is 5.95. The molecule has 1 aromatic carbocycles. The van der Waals surface area contributed by atoms with Gasteiger partial charge in [-0.05, 0) is 23.6 Å².